The summed E-state index contributed by atoms with van der Waals surface area (Å²) in [5.74, 6) is 0. The third-order valence-electron chi connectivity index (χ3n) is 0. The molecule has 0 bridgehead atoms. The monoisotopic (exact) mass is 494 g/mol. The third-order valence-corrected chi connectivity index (χ3v) is 0. The first-order valence-corrected chi connectivity index (χ1v) is 8.05. The molecule has 0 heterocycles. The summed E-state index contributed by atoms with van der Waals surface area (Å²) in [6.07, 6.45) is 0. The number of halogens is 1. The van der Waals surface area contributed by atoms with Crippen molar-refractivity contribution in [3.63, 3.8) is 0 Å². The summed E-state index contributed by atoms with van der Waals surface area (Å²) < 4.78 is 43.0. The van der Waals surface area contributed by atoms with Crippen molar-refractivity contribution in [2.75, 3.05) is 0 Å². The predicted octanol–water partition coefficient (Wildman–Crippen LogP) is -1.53. The quantitative estimate of drug-likeness (QED) is 0.232. The van der Waals surface area contributed by atoms with Gasteiger partial charge >= 0.3 is 82.3 Å². The summed E-state index contributed by atoms with van der Waals surface area (Å²) in [7, 11) is -0.543. The second-order valence-electron chi connectivity index (χ2n) is 0.477. The van der Waals surface area contributed by atoms with Gasteiger partial charge in [-0.15, -0.1) is 0 Å². The minimum absolute atomic E-state index is 0. The Hall–Kier alpha value is 2.41. The van der Waals surface area contributed by atoms with Crippen LogP contribution in [0.3, 0.4) is 0 Å². The van der Waals surface area contributed by atoms with Gasteiger partial charge < -0.3 is 9.11 Å². The van der Waals surface area contributed by atoms with E-state index in [0.717, 1.165) is 0 Å². The van der Waals surface area contributed by atoms with E-state index >= 15 is 0 Å². The maximum absolute atomic E-state index is 8.88. The molecule has 9 heavy (non-hydrogen) atoms. The Bertz CT molecular complexity index is 131. The van der Waals surface area contributed by atoms with Gasteiger partial charge in [0.25, 0.3) is 0 Å². The summed E-state index contributed by atoms with van der Waals surface area (Å²) in [5.41, 5.74) is 0. The van der Waals surface area contributed by atoms with E-state index in [0.29, 0.717) is 0 Å². The molecule has 0 atom stereocenters. The van der Waals surface area contributed by atoms with Crippen LogP contribution < -0.4 is 0 Å². The van der Waals surface area contributed by atoms with Crippen molar-refractivity contribution in [1.82, 2.24) is 0 Å². The average molecular weight is 494 g/mol. The van der Waals surface area contributed by atoms with Crippen LogP contribution in [0.5, 0.6) is 0 Å². The summed E-state index contributed by atoms with van der Waals surface area (Å²) in [6.45, 7) is 0. The molecule has 0 aliphatic heterocycles. The average Bonchev–Trinajstić information content (AvgIpc) is 1.27. The van der Waals surface area contributed by atoms with Gasteiger partial charge in [0.2, 0.25) is 0 Å². The van der Waals surface area contributed by atoms with Crippen LogP contribution in [0.25, 0.3) is 0 Å². The molecule has 0 unspecified atom stereocenters. The van der Waals surface area contributed by atoms with E-state index in [2.05, 4.69) is 8.51 Å². The van der Waals surface area contributed by atoms with Crippen LogP contribution in [0.4, 0.5) is 0 Å². The van der Waals surface area contributed by atoms with Gasteiger partial charge in [0.15, 0.2) is 0 Å². The summed E-state index contributed by atoms with van der Waals surface area (Å²) in [6, 6.07) is 0. The minimum atomic E-state index is -5.17. The molecule has 0 aliphatic rings. The molecule has 0 saturated carbocycles. The summed E-state index contributed by atoms with van der Waals surface area (Å²) >= 11 is -1.61. The fraction of sp³-hybridized carbons (Fsp3) is 0. The van der Waals surface area contributed by atoms with Gasteiger partial charge in [-0.1, -0.05) is 0 Å². The summed E-state index contributed by atoms with van der Waals surface area (Å²) in [4.78, 5) is 0. The molecule has 0 radical (unpaired) electrons. The fourth-order valence-electron chi connectivity index (χ4n) is 0. The van der Waals surface area contributed by atoms with E-state index in [9.17, 15) is 0 Å². The third kappa shape index (κ3) is 126. The number of hydrogen-bond acceptors (Lipinski definition) is 5. The Labute approximate surface area is 108 Å². The van der Waals surface area contributed by atoms with Crippen LogP contribution in [0.15, 0.2) is 0 Å². The van der Waals surface area contributed by atoms with Gasteiger partial charge in [-0.3, -0.25) is 8.42 Å². The first-order valence-electron chi connectivity index (χ1n) is 1.02. The normalized spacial score (nSPS) is 7.89. The first-order chi connectivity index (χ1) is 3.41. The molecule has 0 amide bonds. The zero-order chi connectivity index (χ0) is 7.21. The molecule has 0 rings (SSSR count). The Morgan fingerprint density at radius 1 is 1.33 bits per heavy atom. The van der Waals surface area contributed by atoms with Crippen molar-refractivity contribution < 1.29 is 20.3 Å². The van der Waals surface area contributed by atoms with Crippen molar-refractivity contribution >= 4 is 89.8 Å². The van der Waals surface area contributed by atoms with Crippen LogP contribution in [0, 0.1) is 0 Å². The molecule has 9 heteroatoms. The van der Waals surface area contributed by atoms with E-state index in [-0.39, 0.29) is 48.9 Å². The standard InChI is InChI=1S/Ba.Bi.ClH.H2O4S.O/c;;;1-5(2,3)4;/h;;1H;(H2,1,2,3,4);/q+2;+1;;;/p-3. The zero-order valence-electron chi connectivity index (χ0n) is 3.98. The topological polar surface area (TPSA) is 97.3 Å². The first kappa shape index (κ1) is 17.5. The molecule has 0 saturated heterocycles. The Morgan fingerprint density at radius 3 is 1.33 bits per heavy atom. The van der Waals surface area contributed by atoms with E-state index in [1.807, 2.05) is 0 Å². The summed E-state index contributed by atoms with van der Waals surface area (Å²) in [5, 5.41) is 0. The van der Waals surface area contributed by atoms with Crippen LogP contribution >= 0.6 is 8.51 Å². The van der Waals surface area contributed by atoms with Crippen molar-refractivity contribution in [3.05, 3.63) is 0 Å². The molecule has 5 nitrogen and oxygen atoms in total. The van der Waals surface area contributed by atoms with Crippen molar-refractivity contribution in [3.8, 4) is 0 Å². The Balaban J connectivity index is -0.0000000800. The molecule has 0 aliphatic carbocycles. The van der Waals surface area contributed by atoms with Crippen molar-refractivity contribution in [1.29, 1.82) is 0 Å². The van der Waals surface area contributed by atoms with Gasteiger partial charge in [0.1, 0.15) is 0 Å². The van der Waals surface area contributed by atoms with Crippen molar-refractivity contribution in [2.24, 2.45) is 0 Å². The van der Waals surface area contributed by atoms with E-state index in [4.69, 9.17) is 20.3 Å². The van der Waals surface area contributed by atoms with Crippen LogP contribution in [-0.2, 0) is 13.2 Å². The van der Waals surface area contributed by atoms with Crippen LogP contribution in [0.2, 0.25) is 0 Å². The van der Waals surface area contributed by atoms with Crippen LogP contribution in [0.1, 0.15) is 0 Å². The van der Waals surface area contributed by atoms with Gasteiger partial charge in [-0.2, -0.15) is 0 Å². The van der Waals surface area contributed by atoms with E-state index in [1.54, 1.807) is 0 Å². The van der Waals surface area contributed by atoms with Gasteiger partial charge in [-0.05, 0) is 0 Å². The Morgan fingerprint density at radius 2 is 1.33 bits per heavy atom. The fourth-order valence-corrected chi connectivity index (χ4v) is 0. The Kier molecular flexibility index (Phi) is 20.2. The second-order valence-corrected chi connectivity index (χ2v) is 3.04. The van der Waals surface area contributed by atoms with Gasteiger partial charge in [0.05, 0.1) is 0 Å². The molecule has 0 aromatic heterocycles. The van der Waals surface area contributed by atoms with E-state index < -0.39 is 32.4 Å². The molecule has 0 N–H and O–H groups in total. The molecular formula is BaBiClO5S. The van der Waals surface area contributed by atoms with Gasteiger partial charge in [0, 0.05) is 10.4 Å². The number of hydrogen-bond donors (Lipinski definition) is 0. The van der Waals surface area contributed by atoms with Gasteiger partial charge in [-0.25, -0.2) is 0 Å². The van der Waals surface area contributed by atoms with E-state index in [1.165, 1.54) is 0 Å². The zero-order valence-corrected chi connectivity index (χ0v) is 13.5. The molecule has 0 spiro atoms. The SMILES string of the molecule is O=S(=O)([O-])[O-].[Ba+2].[O]=[Bi][Cl]. The van der Waals surface area contributed by atoms with Crippen molar-refractivity contribution in [2.45, 2.75) is 0 Å². The predicted molar refractivity (Wildman–Crippen MR) is 28.5 cm³/mol. The maximum atomic E-state index is 8.88. The molecule has 0 fully saturated rings. The number of rotatable bonds is 0. The molecule has 50 valence electrons. The molecule has 0 aromatic rings. The molecule has 0 aromatic carbocycles. The molecular weight excluding hydrogens is 494 g/mol. The van der Waals surface area contributed by atoms with Crippen LogP contribution in [-0.4, -0.2) is 88.5 Å². The second kappa shape index (κ2) is 10.4.